The molecule has 0 unspecified atom stereocenters. The van der Waals surface area contributed by atoms with Gasteiger partial charge >= 0.3 is 0 Å². The fraction of sp³-hybridized carbons (Fsp3) is 1.00. The Morgan fingerprint density at radius 3 is 0.517 bits per heavy atom. The zero-order valence-electron chi connectivity index (χ0n) is 41.6. The van der Waals surface area contributed by atoms with Crippen molar-refractivity contribution in [2.75, 3.05) is 59.6 Å². The van der Waals surface area contributed by atoms with E-state index in [0.29, 0.717) is 6.26 Å². The Morgan fingerprint density at radius 2 is 0.397 bits per heavy atom. The summed E-state index contributed by atoms with van der Waals surface area (Å²) >= 11 is 0. The Hall–Kier alpha value is 0.120. The van der Waals surface area contributed by atoms with Gasteiger partial charge in [0.25, 0.3) is 0 Å². The molecule has 0 aliphatic carbocycles. The van der Waals surface area contributed by atoms with Crippen molar-refractivity contribution >= 4 is 10.1 Å². The average molecular weight is 868 g/mol. The zero-order valence-corrected chi connectivity index (χ0v) is 43.2. The largest absolute Gasteiger partial charge is 1.00 e. The van der Waals surface area contributed by atoms with Gasteiger partial charge in [0.2, 0.25) is 0 Å². The number of unbranched alkanes of at least 4 members (excludes halogenated alkanes) is 30. The third kappa shape index (κ3) is 58.2. The van der Waals surface area contributed by atoms with Crippen molar-refractivity contribution in [3.05, 3.63) is 0 Å². The van der Waals surface area contributed by atoms with Crippen LogP contribution in [0.4, 0.5) is 0 Å². The minimum absolute atomic E-state index is 0. The van der Waals surface area contributed by atoms with Gasteiger partial charge in [0, 0.05) is 6.26 Å². The molecule has 0 atom stereocenters. The van der Waals surface area contributed by atoms with E-state index in [-0.39, 0.29) is 12.4 Å². The van der Waals surface area contributed by atoms with Crippen LogP contribution in [-0.4, -0.2) is 81.6 Å². The van der Waals surface area contributed by atoms with E-state index in [1.54, 1.807) is 0 Å². The lowest BCUT2D eigenvalue weighted by atomic mass is 10.1. The van der Waals surface area contributed by atoms with Gasteiger partial charge in [0.15, 0.2) is 0 Å². The molecule has 0 fully saturated rings. The van der Waals surface area contributed by atoms with Gasteiger partial charge in [0.05, 0.1) is 63.5 Å². The summed E-state index contributed by atoms with van der Waals surface area (Å²) in [6.45, 7) is 22.4. The summed E-state index contributed by atoms with van der Waals surface area (Å²) in [6, 6.07) is 0. The summed E-state index contributed by atoms with van der Waals surface area (Å²) in [5.74, 6) is 0. The smallest absolute Gasteiger partial charge is 0.0916 e. The molecule has 0 aliphatic heterocycles. The Morgan fingerprint density at radius 1 is 0.293 bits per heavy atom. The van der Waals surface area contributed by atoms with Gasteiger partial charge in [-0.25, -0.2) is 8.42 Å². The first-order valence-corrected chi connectivity index (χ1v) is 27.8. The minimum Gasteiger partial charge on any atom is -1.00 e. The molecular formula is C51H111ClN2O3S. The van der Waals surface area contributed by atoms with Crippen molar-refractivity contribution in [3.8, 4) is 0 Å². The van der Waals surface area contributed by atoms with E-state index in [1.807, 2.05) is 0 Å². The zero-order chi connectivity index (χ0) is 43.2. The van der Waals surface area contributed by atoms with Crippen molar-refractivity contribution in [2.45, 2.75) is 273 Å². The number of rotatable bonds is 42. The molecule has 0 saturated heterocycles. The number of nitrogens with zero attached hydrogens (tertiary/aromatic N) is 2. The van der Waals surface area contributed by atoms with Crippen LogP contribution in [0.15, 0.2) is 0 Å². The van der Waals surface area contributed by atoms with Crippen LogP contribution in [0.25, 0.3) is 0 Å². The molecule has 0 amide bonds. The molecule has 0 spiro atoms. The summed E-state index contributed by atoms with van der Waals surface area (Å²) in [4.78, 5) is 0. The molecule has 0 aromatic carbocycles. The first-order chi connectivity index (χ1) is 27.4. The first kappa shape index (κ1) is 64.7. The van der Waals surface area contributed by atoms with Crippen molar-refractivity contribution in [2.24, 2.45) is 0 Å². The second kappa shape index (κ2) is 49.8. The SMILES string of the molecule is CCCCCCCC[N+](C)(CCCCCCCC)CCCCCCCC.CCCCCCCC[N+](C)(CCCCCCCC)CCCCCCCC.CS(=O)(=O)[O-].[Cl-]. The minimum atomic E-state index is -3.92. The second-order valence-corrected chi connectivity index (χ2v) is 20.3. The summed E-state index contributed by atoms with van der Waals surface area (Å²) in [5.41, 5.74) is 0. The monoisotopic (exact) mass is 867 g/mol. The highest BCUT2D eigenvalue weighted by Gasteiger charge is 2.21. The maximum Gasteiger partial charge on any atom is 0.0916 e. The predicted molar refractivity (Wildman–Crippen MR) is 257 cm³/mol. The maximum absolute atomic E-state index is 9.08. The van der Waals surface area contributed by atoms with Crippen LogP contribution >= 0.6 is 0 Å². The molecule has 0 radical (unpaired) electrons. The van der Waals surface area contributed by atoms with Gasteiger partial charge < -0.3 is 25.9 Å². The highest BCUT2D eigenvalue weighted by molar-refractivity contribution is 7.84. The van der Waals surface area contributed by atoms with E-state index in [2.05, 4.69) is 55.6 Å². The third-order valence-corrected chi connectivity index (χ3v) is 12.3. The normalized spacial score (nSPS) is 11.8. The molecule has 356 valence electrons. The lowest BCUT2D eigenvalue weighted by molar-refractivity contribution is -0.910. The quantitative estimate of drug-likeness (QED) is 0.0349. The highest BCUT2D eigenvalue weighted by atomic mass is 35.5. The molecule has 0 bridgehead atoms. The summed E-state index contributed by atoms with van der Waals surface area (Å²) < 4.78 is 29.9. The standard InChI is InChI=1S/2C25H54N.CH4O3S.ClH/c2*1-5-8-11-14-17-20-23-26(4,24-21-18-15-12-9-6-2)25-22-19-16-13-10-7-3;1-5(2,3)4;/h2*5-25H2,1-4H3;1H3,(H,2,3,4);1H/q2*+1;;/p-2. The van der Waals surface area contributed by atoms with Gasteiger partial charge in [-0.3, -0.25) is 0 Å². The Labute approximate surface area is 375 Å². The van der Waals surface area contributed by atoms with E-state index >= 15 is 0 Å². The van der Waals surface area contributed by atoms with Gasteiger partial charge in [0.1, 0.15) is 0 Å². The molecule has 0 aromatic heterocycles. The second-order valence-electron chi connectivity index (χ2n) is 18.9. The Balaban J connectivity index is -0.000000442. The third-order valence-electron chi connectivity index (χ3n) is 12.3. The lowest BCUT2D eigenvalue weighted by Gasteiger charge is -2.35. The van der Waals surface area contributed by atoms with E-state index in [4.69, 9.17) is 13.0 Å². The molecular weight excluding hydrogens is 756 g/mol. The summed E-state index contributed by atoms with van der Waals surface area (Å²) in [7, 11) is 1.20. The molecule has 58 heavy (non-hydrogen) atoms. The van der Waals surface area contributed by atoms with Crippen LogP contribution in [0.3, 0.4) is 0 Å². The number of hydrogen-bond acceptors (Lipinski definition) is 3. The number of hydrogen-bond donors (Lipinski definition) is 0. The van der Waals surface area contributed by atoms with Gasteiger partial charge in [-0.2, -0.15) is 0 Å². The molecule has 0 rings (SSSR count). The van der Waals surface area contributed by atoms with Crippen molar-refractivity contribution in [1.82, 2.24) is 0 Å². The molecule has 0 aliphatic rings. The Bertz CT molecular complexity index is 713. The van der Waals surface area contributed by atoms with Gasteiger partial charge in [-0.05, 0) is 77.0 Å². The van der Waals surface area contributed by atoms with E-state index < -0.39 is 10.1 Å². The van der Waals surface area contributed by atoms with Crippen molar-refractivity contribution in [3.63, 3.8) is 0 Å². The molecule has 0 aromatic rings. The topological polar surface area (TPSA) is 57.2 Å². The fourth-order valence-corrected chi connectivity index (χ4v) is 8.31. The molecule has 7 heteroatoms. The highest BCUT2D eigenvalue weighted by Crippen LogP contribution is 2.18. The van der Waals surface area contributed by atoms with Crippen LogP contribution in [0.1, 0.15) is 273 Å². The lowest BCUT2D eigenvalue weighted by Crippen LogP contribution is -3.00. The van der Waals surface area contributed by atoms with Crippen molar-refractivity contribution in [1.29, 1.82) is 0 Å². The molecule has 0 heterocycles. The average Bonchev–Trinajstić information content (AvgIpc) is 3.16. The predicted octanol–water partition coefficient (Wildman–Crippen LogP) is 13.2. The maximum atomic E-state index is 9.08. The number of quaternary nitrogens is 2. The molecule has 0 N–H and O–H groups in total. The Kier molecular flexibility index (Phi) is 55.6. The summed E-state index contributed by atoms with van der Waals surface area (Å²) in [6.07, 6.45) is 52.3. The van der Waals surface area contributed by atoms with Crippen LogP contribution in [-0.2, 0) is 10.1 Å². The van der Waals surface area contributed by atoms with Crippen LogP contribution in [0, 0.1) is 0 Å². The molecule has 5 nitrogen and oxygen atoms in total. The fourth-order valence-electron chi connectivity index (χ4n) is 8.31. The van der Waals surface area contributed by atoms with E-state index in [0.717, 1.165) is 0 Å². The van der Waals surface area contributed by atoms with Crippen LogP contribution < -0.4 is 12.4 Å². The van der Waals surface area contributed by atoms with Crippen LogP contribution in [0.5, 0.6) is 0 Å². The first-order valence-electron chi connectivity index (χ1n) is 25.9. The molecule has 0 saturated carbocycles. The number of halogens is 1. The van der Waals surface area contributed by atoms with Crippen molar-refractivity contribution < 1.29 is 34.3 Å². The van der Waals surface area contributed by atoms with Gasteiger partial charge in [-0.1, -0.05) is 196 Å². The van der Waals surface area contributed by atoms with E-state index in [9.17, 15) is 0 Å². The van der Waals surface area contributed by atoms with E-state index in [1.165, 1.54) is 279 Å². The van der Waals surface area contributed by atoms with Gasteiger partial charge in [-0.15, -0.1) is 0 Å². The van der Waals surface area contributed by atoms with Crippen LogP contribution in [0.2, 0.25) is 0 Å². The summed E-state index contributed by atoms with van der Waals surface area (Å²) in [5, 5.41) is 0.